The number of thiazole rings is 1. The number of thioether (sulfide) groups is 1. The summed E-state index contributed by atoms with van der Waals surface area (Å²) in [7, 11) is 1.27. The lowest BCUT2D eigenvalue weighted by Crippen LogP contribution is -2.31. The Kier molecular flexibility index (Phi) is 5.22. The van der Waals surface area contributed by atoms with Crippen LogP contribution in [-0.2, 0) is 14.3 Å². The zero-order valence-corrected chi connectivity index (χ0v) is 12.9. The maximum Gasteiger partial charge on any atom is 0.325 e. The number of aromatic nitrogens is 1. The molecule has 8 heteroatoms. The van der Waals surface area contributed by atoms with Crippen LogP contribution in [-0.4, -0.2) is 36.3 Å². The predicted molar refractivity (Wildman–Crippen MR) is 80.4 cm³/mol. The van der Waals surface area contributed by atoms with Crippen LogP contribution in [0.15, 0.2) is 22.5 Å². The summed E-state index contributed by atoms with van der Waals surface area (Å²) in [6, 6.07) is 5.49. The van der Waals surface area contributed by atoms with Crippen molar-refractivity contribution in [1.82, 2.24) is 10.3 Å². The fourth-order valence-electron chi connectivity index (χ4n) is 1.36. The van der Waals surface area contributed by atoms with Crippen molar-refractivity contribution in [1.29, 1.82) is 0 Å². The molecule has 0 saturated carbocycles. The van der Waals surface area contributed by atoms with Crippen molar-refractivity contribution in [3.63, 3.8) is 0 Å². The summed E-state index contributed by atoms with van der Waals surface area (Å²) in [5.74, 6) is -0.513. The Morgan fingerprint density at radius 3 is 3.05 bits per heavy atom. The predicted octanol–water partition coefficient (Wildman–Crippen LogP) is 2.33. The number of methoxy groups -OCH3 is 1. The van der Waals surface area contributed by atoms with E-state index in [-0.39, 0.29) is 18.2 Å². The van der Waals surface area contributed by atoms with Gasteiger partial charge < -0.3 is 10.1 Å². The number of fused-ring (bicyclic) bond motifs is 1. The molecule has 2 rings (SSSR count). The first-order chi connectivity index (χ1) is 9.58. The summed E-state index contributed by atoms with van der Waals surface area (Å²) in [5, 5.41) is 3.10. The number of carbonyl (C=O) groups excluding carboxylic acids is 2. The molecular weight excluding hydrogens is 320 g/mol. The number of nitrogens with zero attached hydrogens (tertiary/aromatic N) is 1. The lowest BCUT2D eigenvalue weighted by atomic mass is 10.3. The standard InChI is InChI=1S/C12H11ClN2O3S2/c1-18-11(17)5-14-10(16)6-19-12-15-8-4-7(13)2-3-9(8)20-12/h2-4H,5-6H2,1H3,(H,14,16). The molecule has 0 spiro atoms. The number of nitrogens with one attached hydrogen (secondary N) is 1. The molecule has 0 aliphatic rings. The maximum atomic E-state index is 11.5. The summed E-state index contributed by atoms with van der Waals surface area (Å²) in [4.78, 5) is 26.8. The SMILES string of the molecule is COC(=O)CNC(=O)CSc1nc2cc(Cl)ccc2s1. The molecule has 20 heavy (non-hydrogen) atoms. The Balaban J connectivity index is 1.89. The van der Waals surface area contributed by atoms with Crippen molar-refractivity contribution in [2.45, 2.75) is 4.34 Å². The van der Waals surface area contributed by atoms with Crippen LogP contribution in [0.4, 0.5) is 0 Å². The number of ether oxygens (including phenoxy) is 1. The first-order valence-electron chi connectivity index (χ1n) is 5.61. The first kappa shape index (κ1) is 15.1. The summed E-state index contributed by atoms with van der Waals surface area (Å²) in [5.41, 5.74) is 0.819. The molecule has 2 aromatic rings. The van der Waals surface area contributed by atoms with Gasteiger partial charge in [0.1, 0.15) is 6.54 Å². The van der Waals surface area contributed by atoms with Gasteiger partial charge in [0.05, 0.1) is 23.1 Å². The third-order valence-corrected chi connectivity index (χ3v) is 4.73. The van der Waals surface area contributed by atoms with Gasteiger partial charge in [-0.25, -0.2) is 4.98 Å². The van der Waals surface area contributed by atoms with E-state index in [2.05, 4.69) is 15.0 Å². The van der Waals surface area contributed by atoms with Gasteiger partial charge in [0.15, 0.2) is 4.34 Å². The quantitative estimate of drug-likeness (QED) is 0.673. The van der Waals surface area contributed by atoms with E-state index < -0.39 is 5.97 Å². The highest BCUT2D eigenvalue weighted by molar-refractivity contribution is 8.01. The molecule has 0 fully saturated rings. The smallest absolute Gasteiger partial charge is 0.325 e. The molecule has 1 aromatic carbocycles. The van der Waals surface area contributed by atoms with Crippen molar-refractivity contribution in [2.75, 3.05) is 19.4 Å². The Labute approximate surface area is 128 Å². The van der Waals surface area contributed by atoms with Gasteiger partial charge in [0.25, 0.3) is 0 Å². The first-order valence-corrected chi connectivity index (χ1v) is 7.79. The summed E-state index contributed by atoms with van der Waals surface area (Å²) in [6.45, 7) is -0.120. The topological polar surface area (TPSA) is 68.3 Å². The van der Waals surface area contributed by atoms with E-state index in [4.69, 9.17) is 11.6 Å². The van der Waals surface area contributed by atoms with Crippen molar-refractivity contribution in [3.8, 4) is 0 Å². The molecule has 0 aliphatic heterocycles. The molecule has 106 valence electrons. The monoisotopic (exact) mass is 330 g/mol. The Morgan fingerprint density at radius 1 is 1.50 bits per heavy atom. The number of esters is 1. The maximum absolute atomic E-state index is 11.5. The van der Waals surface area contributed by atoms with Crippen LogP contribution in [0.2, 0.25) is 5.02 Å². The molecule has 0 atom stereocenters. The average molecular weight is 331 g/mol. The number of halogens is 1. The molecule has 1 aromatic heterocycles. The minimum Gasteiger partial charge on any atom is -0.468 e. The Bertz CT molecular complexity index is 645. The highest BCUT2D eigenvalue weighted by atomic mass is 35.5. The second-order valence-corrected chi connectivity index (χ2v) is 6.42. The van der Waals surface area contributed by atoms with Gasteiger partial charge >= 0.3 is 5.97 Å². The van der Waals surface area contributed by atoms with Gasteiger partial charge in [-0.2, -0.15) is 0 Å². The molecular formula is C12H11ClN2O3S2. The normalized spacial score (nSPS) is 10.5. The average Bonchev–Trinajstić information content (AvgIpc) is 2.84. The molecule has 0 radical (unpaired) electrons. The van der Waals surface area contributed by atoms with Gasteiger partial charge in [-0.15, -0.1) is 11.3 Å². The number of benzene rings is 1. The zero-order valence-electron chi connectivity index (χ0n) is 10.5. The minimum atomic E-state index is -0.474. The summed E-state index contributed by atoms with van der Waals surface area (Å²) in [6.07, 6.45) is 0. The van der Waals surface area contributed by atoms with Gasteiger partial charge in [-0.1, -0.05) is 23.4 Å². The van der Waals surface area contributed by atoms with Crippen LogP contribution in [0, 0.1) is 0 Å². The fourth-order valence-corrected chi connectivity index (χ4v) is 3.41. The van der Waals surface area contributed by atoms with Crippen molar-refractivity contribution in [2.24, 2.45) is 0 Å². The number of hydrogen-bond acceptors (Lipinski definition) is 6. The molecule has 0 unspecified atom stereocenters. The number of rotatable bonds is 5. The lowest BCUT2D eigenvalue weighted by Gasteiger charge is -2.01. The van der Waals surface area contributed by atoms with Crippen LogP contribution in [0.3, 0.4) is 0 Å². The van der Waals surface area contributed by atoms with Crippen LogP contribution in [0.1, 0.15) is 0 Å². The van der Waals surface area contributed by atoms with Crippen molar-refractivity contribution in [3.05, 3.63) is 23.2 Å². The largest absolute Gasteiger partial charge is 0.468 e. The van der Waals surface area contributed by atoms with E-state index in [0.29, 0.717) is 5.02 Å². The van der Waals surface area contributed by atoms with Crippen LogP contribution >= 0.6 is 34.7 Å². The van der Waals surface area contributed by atoms with E-state index in [1.54, 1.807) is 12.1 Å². The second-order valence-electron chi connectivity index (χ2n) is 3.73. The van der Waals surface area contributed by atoms with E-state index >= 15 is 0 Å². The molecule has 0 bridgehead atoms. The van der Waals surface area contributed by atoms with Crippen LogP contribution in [0.5, 0.6) is 0 Å². The third-order valence-electron chi connectivity index (χ3n) is 2.31. The van der Waals surface area contributed by atoms with Gasteiger partial charge in [0.2, 0.25) is 5.91 Å². The van der Waals surface area contributed by atoms with Crippen molar-refractivity contribution >= 4 is 56.8 Å². The Morgan fingerprint density at radius 2 is 2.30 bits per heavy atom. The molecule has 1 amide bonds. The highest BCUT2D eigenvalue weighted by Crippen LogP contribution is 2.30. The zero-order chi connectivity index (χ0) is 14.5. The second kappa shape index (κ2) is 6.92. The fraction of sp³-hybridized carbons (Fsp3) is 0.250. The van der Waals surface area contributed by atoms with Crippen LogP contribution in [0.25, 0.3) is 10.2 Å². The van der Waals surface area contributed by atoms with Gasteiger partial charge in [-0.3, -0.25) is 9.59 Å². The molecule has 1 N–H and O–H groups in total. The van der Waals surface area contributed by atoms with E-state index in [0.717, 1.165) is 14.6 Å². The van der Waals surface area contributed by atoms with Gasteiger partial charge in [0, 0.05) is 5.02 Å². The highest BCUT2D eigenvalue weighted by Gasteiger charge is 2.09. The van der Waals surface area contributed by atoms with E-state index in [1.165, 1.54) is 30.2 Å². The summed E-state index contributed by atoms with van der Waals surface area (Å²) < 4.78 is 6.24. The summed E-state index contributed by atoms with van der Waals surface area (Å²) >= 11 is 8.71. The molecule has 0 aliphatic carbocycles. The minimum absolute atomic E-state index is 0.120. The molecule has 1 heterocycles. The number of hydrogen-bond donors (Lipinski definition) is 1. The molecule has 5 nitrogen and oxygen atoms in total. The number of amides is 1. The van der Waals surface area contributed by atoms with Crippen LogP contribution < -0.4 is 5.32 Å². The Hall–Kier alpha value is -1.31. The van der Waals surface area contributed by atoms with E-state index in [9.17, 15) is 9.59 Å². The van der Waals surface area contributed by atoms with Gasteiger partial charge in [-0.05, 0) is 18.2 Å². The number of carbonyl (C=O) groups is 2. The lowest BCUT2D eigenvalue weighted by molar-refractivity contribution is -0.140. The third kappa shape index (κ3) is 4.09. The van der Waals surface area contributed by atoms with Crippen molar-refractivity contribution < 1.29 is 14.3 Å². The van der Waals surface area contributed by atoms with E-state index in [1.807, 2.05) is 6.07 Å². The molecule has 0 saturated heterocycles.